The monoisotopic (exact) mass is 468 g/mol. The molecule has 0 aliphatic heterocycles. The topological polar surface area (TPSA) is 20.2 Å². The van der Waals surface area contributed by atoms with E-state index in [1.54, 1.807) is 0 Å². The van der Waals surface area contributed by atoms with Crippen LogP contribution in [0.5, 0.6) is 0 Å². The maximum absolute atomic E-state index is 10.9. The summed E-state index contributed by atoms with van der Waals surface area (Å²) in [5.41, 5.74) is 3.78. The van der Waals surface area contributed by atoms with Crippen LogP contribution in [-0.4, -0.2) is 11.2 Å². The van der Waals surface area contributed by atoms with Crippen molar-refractivity contribution in [3.8, 4) is 0 Å². The van der Waals surface area contributed by atoms with Crippen LogP contribution in [0.15, 0.2) is 12.2 Å². The second-order valence-electron chi connectivity index (χ2n) is 15.6. The van der Waals surface area contributed by atoms with Crippen LogP contribution >= 0.6 is 0 Å². The minimum Gasteiger partial charge on any atom is -0.393 e. The largest absolute Gasteiger partial charge is 0.393 e. The van der Waals surface area contributed by atoms with E-state index in [1.165, 1.54) is 69.8 Å². The quantitative estimate of drug-likeness (QED) is 0.385. The fourth-order valence-electron chi connectivity index (χ4n) is 12.0. The molecular formula is C33H56O. The highest BCUT2D eigenvalue weighted by Crippen LogP contribution is 2.89. The molecule has 1 heteroatoms. The van der Waals surface area contributed by atoms with Crippen molar-refractivity contribution in [2.75, 3.05) is 0 Å². The van der Waals surface area contributed by atoms with Gasteiger partial charge in [-0.2, -0.15) is 0 Å². The smallest absolute Gasteiger partial charge is 0.0594 e. The molecule has 2 unspecified atom stereocenters. The van der Waals surface area contributed by atoms with Crippen molar-refractivity contribution in [2.45, 2.75) is 132 Å². The van der Waals surface area contributed by atoms with Crippen molar-refractivity contribution in [1.29, 1.82) is 0 Å². The van der Waals surface area contributed by atoms with Gasteiger partial charge < -0.3 is 5.11 Å². The van der Waals surface area contributed by atoms with Gasteiger partial charge in [0.05, 0.1) is 6.10 Å². The fraction of sp³-hybridized carbons (Fsp3) is 0.939. The average molecular weight is 469 g/mol. The summed E-state index contributed by atoms with van der Waals surface area (Å²) in [7, 11) is 0. The van der Waals surface area contributed by atoms with Crippen LogP contribution in [0.4, 0.5) is 0 Å². The van der Waals surface area contributed by atoms with E-state index in [9.17, 15) is 5.11 Å². The van der Waals surface area contributed by atoms with Gasteiger partial charge in [0.15, 0.2) is 0 Å². The molecule has 5 fully saturated rings. The lowest BCUT2D eigenvalue weighted by Crippen LogP contribution is -2.57. The van der Waals surface area contributed by atoms with Crippen LogP contribution in [-0.2, 0) is 0 Å². The molecule has 0 radical (unpaired) electrons. The molecule has 2 spiro atoms. The highest BCUT2D eigenvalue weighted by molar-refractivity contribution is 5.30. The number of allylic oxidation sites excluding steroid dienone is 1. The first kappa shape index (κ1) is 25.4. The molecule has 10 atom stereocenters. The van der Waals surface area contributed by atoms with Gasteiger partial charge in [0.1, 0.15) is 0 Å². The number of hydrogen-bond donors (Lipinski definition) is 1. The minimum atomic E-state index is -0.0921. The highest BCUT2D eigenvalue weighted by atomic mass is 16.3. The molecule has 0 aromatic carbocycles. The molecule has 5 saturated carbocycles. The third-order valence-electron chi connectivity index (χ3n) is 14.3. The molecule has 0 aromatic heterocycles. The van der Waals surface area contributed by atoms with E-state index in [0.29, 0.717) is 33.5 Å². The third kappa shape index (κ3) is 3.01. The van der Waals surface area contributed by atoms with Crippen molar-refractivity contribution >= 4 is 0 Å². The Bertz CT molecular complexity index is 824. The van der Waals surface area contributed by atoms with E-state index in [-0.39, 0.29) is 11.5 Å². The maximum Gasteiger partial charge on any atom is 0.0594 e. The van der Waals surface area contributed by atoms with Crippen LogP contribution in [0.1, 0.15) is 126 Å². The van der Waals surface area contributed by atoms with Crippen molar-refractivity contribution in [3.63, 3.8) is 0 Å². The maximum atomic E-state index is 10.9. The molecule has 5 aliphatic rings. The summed E-state index contributed by atoms with van der Waals surface area (Å²) in [4.78, 5) is 0. The molecule has 194 valence electrons. The lowest BCUT2D eigenvalue weighted by molar-refractivity contribution is -0.161. The summed E-state index contributed by atoms with van der Waals surface area (Å²) >= 11 is 0. The van der Waals surface area contributed by atoms with E-state index in [0.717, 1.165) is 30.1 Å². The summed E-state index contributed by atoms with van der Waals surface area (Å²) in [5.74, 6) is 4.65. The third-order valence-corrected chi connectivity index (χ3v) is 14.3. The number of rotatable bonds is 6. The van der Waals surface area contributed by atoms with E-state index < -0.39 is 0 Å². The zero-order valence-corrected chi connectivity index (χ0v) is 24.0. The second-order valence-corrected chi connectivity index (χ2v) is 15.6. The number of fused-ring (bicyclic) bond motifs is 2. The first-order valence-electron chi connectivity index (χ1n) is 15.2. The van der Waals surface area contributed by atoms with Crippen molar-refractivity contribution in [1.82, 2.24) is 0 Å². The van der Waals surface area contributed by atoms with Gasteiger partial charge in [0.2, 0.25) is 0 Å². The summed E-state index contributed by atoms with van der Waals surface area (Å²) < 4.78 is 0. The first-order chi connectivity index (χ1) is 15.8. The Morgan fingerprint density at radius 1 is 0.853 bits per heavy atom. The summed E-state index contributed by atoms with van der Waals surface area (Å²) in [6.45, 7) is 24.4. The van der Waals surface area contributed by atoms with Gasteiger partial charge in [0.25, 0.3) is 0 Å². The SMILES string of the molecule is C=C(C(C)C)[C@@H](CC)C[C@@H](C)[C@H]1CC[C@@]2(C)C3CCC4C(C)(C)[C@@H](O)CC[C@@]45C[C@@]35CC[C@]12C. The summed E-state index contributed by atoms with van der Waals surface area (Å²) in [5, 5.41) is 10.9. The van der Waals surface area contributed by atoms with Gasteiger partial charge in [-0.15, -0.1) is 0 Å². The van der Waals surface area contributed by atoms with Crippen LogP contribution in [0.2, 0.25) is 0 Å². The lowest BCUT2D eigenvalue weighted by atomic mass is 9.41. The molecule has 0 bridgehead atoms. The van der Waals surface area contributed by atoms with Gasteiger partial charge in [-0.3, -0.25) is 0 Å². The van der Waals surface area contributed by atoms with Crippen LogP contribution < -0.4 is 0 Å². The Hall–Kier alpha value is -0.300. The summed E-state index contributed by atoms with van der Waals surface area (Å²) in [6.07, 6.45) is 15.0. The first-order valence-corrected chi connectivity index (χ1v) is 15.2. The van der Waals surface area contributed by atoms with Crippen molar-refractivity contribution in [2.24, 2.45) is 62.6 Å². The molecule has 0 saturated heterocycles. The zero-order chi connectivity index (χ0) is 24.9. The zero-order valence-electron chi connectivity index (χ0n) is 24.0. The van der Waals surface area contributed by atoms with Crippen molar-refractivity contribution in [3.05, 3.63) is 12.2 Å². The Morgan fingerprint density at radius 3 is 2.15 bits per heavy atom. The second kappa shape index (κ2) is 7.85. The molecular weight excluding hydrogens is 412 g/mol. The standard InChI is InChI=1S/C33H56O/c1-10-24(23(5)21(2)3)19-22(4)25-13-15-31(9)27-12-11-26-29(6,7)28(34)14-16-32(26)20-33(27,32)18-17-30(25,31)8/h21-22,24-28,34H,5,10-20H2,1-4,6-9H3/t22-,24+,25-,26?,27?,28+,30-,31+,32-,33+/m1/s1. The molecule has 5 aliphatic carbocycles. The Balaban J connectivity index is 1.39. The Kier molecular flexibility index (Phi) is 5.85. The van der Waals surface area contributed by atoms with E-state index in [2.05, 4.69) is 62.0 Å². The van der Waals surface area contributed by atoms with E-state index >= 15 is 0 Å². The molecule has 0 heterocycles. The number of aliphatic hydroxyl groups is 1. The molecule has 1 nitrogen and oxygen atoms in total. The normalized spacial score (nSPS) is 50.5. The van der Waals surface area contributed by atoms with Crippen molar-refractivity contribution < 1.29 is 5.11 Å². The molecule has 34 heavy (non-hydrogen) atoms. The van der Waals surface area contributed by atoms with Gasteiger partial charge in [-0.05, 0) is 133 Å². The molecule has 5 rings (SSSR count). The van der Waals surface area contributed by atoms with E-state index in [1.807, 2.05) is 0 Å². The molecule has 0 amide bonds. The minimum absolute atomic E-state index is 0.0921. The number of aliphatic hydroxyl groups excluding tert-OH is 1. The fourth-order valence-corrected chi connectivity index (χ4v) is 12.0. The van der Waals surface area contributed by atoms with Crippen LogP contribution in [0.25, 0.3) is 0 Å². The molecule has 0 aromatic rings. The average Bonchev–Trinajstić information content (AvgIpc) is 3.36. The van der Waals surface area contributed by atoms with Gasteiger partial charge in [-0.25, -0.2) is 0 Å². The predicted octanol–water partition coefficient (Wildman–Crippen LogP) is 9.05. The van der Waals surface area contributed by atoms with Crippen LogP contribution in [0.3, 0.4) is 0 Å². The predicted molar refractivity (Wildman–Crippen MR) is 144 cm³/mol. The Morgan fingerprint density at radius 2 is 1.50 bits per heavy atom. The van der Waals surface area contributed by atoms with Gasteiger partial charge >= 0.3 is 0 Å². The Labute approximate surface area is 211 Å². The van der Waals surface area contributed by atoms with Gasteiger partial charge in [-0.1, -0.05) is 67.5 Å². The van der Waals surface area contributed by atoms with Gasteiger partial charge in [0, 0.05) is 0 Å². The van der Waals surface area contributed by atoms with Crippen LogP contribution in [0, 0.1) is 62.6 Å². The number of hydrogen-bond acceptors (Lipinski definition) is 1. The summed E-state index contributed by atoms with van der Waals surface area (Å²) in [6, 6.07) is 0. The highest BCUT2D eigenvalue weighted by Gasteiger charge is 2.82. The molecule has 1 N–H and O–H groups in total. The van der Waals surface area contributed by atoms with E-state index in [4.69, 9.17) is 0 Å². The lowest BCUT2D eigenvalue weighted by Gasteiger charge is -2.63.